The molecule has 0 spiro atoms. The lowest BCUT2D eigenvalue weighted by Crippen LogP contribution is -2.45. The number of rotatable bonds is 3. The molecule has 6 heteroatoms. The van der Waals surface area contributed by atoms with Gasteiger partial charge in [0, 0.05) is 23.7 Å². The molecular weight excluding hydrogens is 324 g/mol. The first-order valence-electron chi connectivity index (χ1n) is 8.21. The predicted octanol–water partition coefficient (Wildman–Crippen LogP) is 3.99. The van der Waals surface area contributed by atoms with Crippen LogP contribution in [0.15, 0.2) is 29.2 Å². The monoisotopic (exact) mass is 350 g/mol. The summed E-state index contributed by atoms with van der Waals surface area (Å²) in [6.45, 7) is 6.58. The number of hydrogen-bond donors (Lipinski definition) is 1. The summed E-state index contributed by atoms with van der Waals surface area (Å²) >= 11 is 1.63. The van der Waals surface area contributed by atoms with Gasteiger partial charge in [0.1, 0.15) is 5.60 Å². The zero-order valence-electron chi connectivity index (χ0n) is 14.8. The van der Waals surface area contributed by atoms with E-state index in [-0.39, 0.29) is 17.9 Å². The molecule has 1 aromatic carbocycles. The molecule has 2 amide bonds. The smallest absolute Gasteiger partial charge is 0.410 e. The minimum absolute atomic E-state index is 0.0403. The number of amides is 2. The first kappa shape index (κ1) is 18.6. The van der Waals surface area contributed by atoms with Crippen molar-refractivity contribution < 1.29 is 14.3 Å². The highest BCUT2D eigenvalue weighted by Gasteiger charge is 2.31. The number of benzene rings is 1. The van der Waals surface area contributed by atoms with E-state index in [0.717, 1.165) is 23.4 Å². The second kappa shape index (κ2) is 7.92. The molecule has 1 atom stereocenters. The fourth-order valence-corrected chi connectivity index (χ4v) is 3.09. The topological polar surface area (TPSA) is 58.6 Å². The molecule has 1 heterocycles. The number of nitrogens with zero attached hydrogens (tertiary/aromatic N) is 1. The van der Waals surface area contributed by atoms with Crippen molar-refractivity contribution in [3.8, 4) is 0 Å². The molecule has 1 aliphatic rings. The van der Waals surface area contributed by atoms with Crippen LogP contribution < -0.4 is 5.32 Å². The SMILES string of the molecule is CSc1cccc(NC(=O)C2CCCN(C(=O)OC(C)(C)C)C2)c1. The van der Waals surface area contributed by atoms with Crippen molar-refractivity contribution in [2.45, 2.75) is 44.1 Å². The molecular formula is C18H26N2O3S. The van der Waals surface area contributed by atoms with Gasteiger partial charge >= 0.3 is 6.09 Å². The lowest BCUT2D eigenvalue weighted by atomic mass is 9.97. The van der Waals surface area contributed by atoms with Crippen LogP contribution in [-0.2, 0) is 9.53 Å². The molecule has 0 saturated carbocycles. The Hall–Kier alpha value is -1.69. The third-order valence-electron chi connectivity index (χ3n) is 3.78. The Labute approximate surface area is 148 Å². The summed E-state index contributed by atoms with van der Waals surface area (Å²) in [7, 11) is 0. The van der Waals surface area contributed by atoms with E-state index < -0.39 is 5.60 Å². The van der Waals surface area contributed by atoms with Crippen molar-refractivity contribution in [1.29, 1.82) is 0 Å². The van der Waals surface area contributed by atoms with Crippen molar-refractivity contribution in [3.05, 3.63) is 24.3 Å². The molecule has 1 fully saturated rings. The lowest BCUT2D eigenvalue weighted by molar-refractivity contribution is -0.121. The van der Waals surface area contributed by atoms with Gasteiger partial charge in [-0.1, -0.05) is 6.07 Å². The van der Waals surface area contributed by atoms with Crippen LogP contribution in [0.5, 0.6) is 0 Å². The van der Waals surface area contributed by atoms with Crippen LogP contribution in [-0.4, -0.2) is 41.8 Å². The second-order valence-corrected chi connectivity index (χ2v) is 7.87. The van der Waals surface area contributed by atoms with Gasteiger partial charge < -0.3 is 15.0 Å². The first-order valence-corrected chi connectivity index (χ1v) is 9.44. The van der Waals surface area contributed by atoms with Crippen molar-refractivity contribution >= 4 is 29.4 Å². The molecule has 132 valence electrons. The fraction of sp³-hybridized carbons (Fsp3) is 0.556. The number of hydrogen-bond acceptors (Lipinski definition) is 4. The predicted molar refractivity (Wildman–Crippen MR) is 97.4 cm³/mol. The molecule has 2 rings (SSSR count). The summed E-state index contributed by atoms with van der Waals surface area (Å²) in [5, 5.41) is 2.96. The maximum absolute atomic E-state index is 12.5. The van der Waals surface area contributed by atoms with Crippen LogP contribution >= 0.6 is 11.8 Å². The van der Waals surface area contributed by atoms with Gasteiger partial charge in [-0.3, -0.25) is 4.79 Å². The van der Waals surface area contributed by atoms with E-state index in [2.05, 4.69) is 5.32 Å². The van der Waals surface area contributed by atoms with Crippen molar-refractivity contribution in [2.24, 2.45) is 5.92 Å². The Balaban J connectivity index is 1.95. The van der Waals surface area contributed by atoms with E-state index >= 15 is 0 Å². The summed E-state index contributed by atoms with van der Waals surface area (Å²) in [4.78, 5) is 27.5. The number of ether oxygens (including phenoxy) is 1. The van der Waals surface area contributed by atoms with Gasteiger partial charge in [-0.25, -0.2) is 4.79 Å². The third kappa shape index (κ3) is 5.44. The highest BCUT2D eigenvalue weighted by atomic mass is 32.2. The average Bonchev–Trinajstić information content (AvgIpc) is 2.53. The third-order valence-corrected chi connectivity index (χ3v) is 4.51. The van der Waals surface area contributed by atoms with Crippen LogP contribution in [0.1, 0.15) is 33.6 Å². The average molecular weight is 350 g/mol. The van der Waals surface area contributed by atoms with Crippen LogP contribution in [0.4, 0.5) is 10.5 Å². The Morgan fingerprint density at radius 1 is 1.33 bits per heavy atom. The van der Waals surface area contributed by atoms with E-state index in [1.807, 2.05) is 51.3 Å². The fourth-order valence-electron chi connectivity index (χ4n) is 2.63. The molecule has 1 N–H and O–H groups in total. The molecule has 0 radical (unpaired) electrons. The van der Waals surface area contributed by atoms with Gasteiger partial charge in [0.15, 0.2) is 0 Å². The van der Waals surface area contributed by atoms with Crippen molar-refractivity contribution in [1.82, 2.24) is 4.90 Å². The van der Waals surface area contributed by atoms with Crippen molar-refractivity contribution in [3.63, 3.8) is 0 Å². The number of likely N-dealkylation sites (tertiary alicyclic amines) is 1. The van der Waals surface area contributed by atoms with E-state index in [4.69, 9.17) is 4.74 Å². The second-order valence-electron chi connectivity index (χ2n) is 6.99. The maximum atomic E-state index is 12.5. The molecule has 0 bridgehead atoms. The number of carbonyl (C=O) groups excluding carboxylic acids is 2. The van der Waals surface area contributed by atoms with Gasteiger partial charge in [-0.05, 0) is 58.1 Å². The lowest BCUT2D eigenvalue weighted by Gasteiger charge is -2.33. The normalized spacial score (nSPS) is 18.2. The van der Waals surface area contributed by atoms with Gasteiger partial charge in [-0.2, -0.15) is 0 Å². The molecule has 1 unspecified atom stereocenters. The molecule has 24 heavy (non-hydrogen) atoms. The van der Waals surface area contributed by atoms with Gasteiger partial charge in [0.2, 0.25) is 5.91 Å². The summed E-state index contributed by atoms with van der Waals surface area (Å²) < 4.78 is 5.41. The number of nitrogens with one attached hydrogen (secondary N) is 1. The van der Waals surface area contributed by atoms with Crippen molar-refractivity contribution in [2.75, 3.05) is 24.7 Å². The Bertz CT molecular complexity index is 598. The molecule has 1 aromatic rings. The molecule has 1 aliphatic heterocycles. The standard InChI is InChI=1S/C18H26N2O3S/c1-18(2,3)23-17(22)20-10-6-7-13(12-20)16(21)19-14-8-5-9-15(11-14)24-4/h5,8-9,11,13H,6-7,10,12H2,1-4H3,(H,19,21). The largest absolute Gasteiger partial charge is 0.444 e. The van der Waals surface area contributed by atoms with Crippen LogP contribution in [0, 0.1) is 5.92 Å². The number of piperidine rings is 1. The van der Waals surface area contributed by atoms with Gasteiger partial charge in [-0.15, -0.1) is 11.8 Å². The summed E-state index contributed by atoms with van der Waals surface area (Å²) in [5.41, 5.74) is 0.270. The Kier molecular flexibility index (Phi) is 6.15. The zero-order valence-corrected chi connectivity index (χ0v) is 15.6. The Morgan fingerprint density at radius 2 is 2.08 bits per heavy atom. The highest BCUT2D eigenvalue weighted by molar-refractivity contribution is 7.98. The summed E-state index contributed by atoms with van der Waals surface area (Å²) in [5.74, 6) is -0.245. The van der Waals surface area contributed by atoms with Crippen LogP contribution in [0.25, 0.3) is 0 Å². The minimum Gasteiger partial charge on any atom is -0.444 e. The maximum Gasteiger partial charge on any atom is 0.410 e. The van der Waals surface area contributed by atoms with E-state index in [9.17, 15) is 9.59 Å². The molecule has 0 aliphatic carbocycles. The van der Waals surface area contributed by atoms with Gasteiger partial charge in [0.05, 0.1) is 5.92 Å². The van der Waals surface area contributed by atoms with E-state index in [1.54, 1.807) is 16.7 Å². The Morgan fingerprint density at radius 3 is 2.75 bits per heavy atom. The zero-order chi connectivity index (χ0) is 17.7. The van der Waals surface area contributed by atoms with Gasteiger partial charge in [0.25, 0.3) is 0 Å². The molecule has 5 nitrogen and oxygen atoms in total. The minimum atomic E-state index is -0.523. The van der Waals surface area contributed by atoms with Crippen LogP contribution in [0.2, 0.25) is 0 Å². The highest BCUT2D eigenvalue weighted by Crippen LogP contribution is 2.23. The van der Waals surface area contributed by atoms with Crippen LogP contribution in [0.3, 0.4) is 0 Å². The number of thioether (sulfide) groups is 1. The number of anilines is 1. The number of carbonyl (C=O) groups is 2. The van der Waals surface area contributed by atoms with E-state index in [0.29, 0.717) is 13.1 Å². The quantitative estimate of drug-likeness (QED) is 0.837. The summed E-state index contributed by atoms with van der Waals surface area (Å²) in [6, 6.07) is 7.77. The summed E-state index contributed by atoms with van der Waals surface area (Å²) in [6.07, 6.45) is 3.25. The molecule has 1 saturated heterocycles. The van der Waals surface area contributed by atoms with E-state index in [1.165, 1.54) is 0 Å². The first-order chi connectivity index (χ1) is 11.3. The molecule has 0 aromatic heterocycles.